The Labute approximate surface area is 117 Å². The first-order valence-corrected chi connectivity index (χ1v) is 7.68. The van der Waals surface area contributed by atoms with Gasteiger partial charge in [-0.3, -0.25) is 9.36 Å². The second-order valence-corrected chi connectivity index (χ2v) is 5.11. The molecule has 0 radical (unpaired) electrons. The molecule has 0 spiro atoms. The van der Waals surface area contributed by atoms with E-state index >= 15 is 0 Å². The molecule has 108 valence electrons. The molecule has 0 saturated carbocycles. The molecule has 0 aliphatic carbocycles. The van der Waals surface area contributed by atoms with E-state index in [4.69, 9.17) is 0 Å². The van der Waals surface area contributed by atoms with Crippen LogP contribution < -0.4 is 5.69 Å². The zero-order chi connectivity index (χ0) is 14.3. The molecule has 0 bridgehead atoms. The van der Waals surface area contributed by atoms with Crippen LogP contribution in [0, 0.1) is 0 Å². The van der Waals surface area contributed by atoms with Crippen molar-refractivity contribution >= 4 is 17.7 Å². The number of nitrogens with one attached hydrogen (secondary N) is 1. The van der Waals surface area contributed by atoms with Gasteiger partial charge >= 0.3 is 5.69 Å². The van der Waals surface area contributed by atoms with Crippen LogP contribution >= 0.6 is 11.8 Å². The fourth-order valence-electron chi connectivity index (χ4n) is 1.72. The lowest BCUT2D eigenvalue weighted by atomic mass is 10.3. The van der Waals surface area contributed by atoms with E-state index < -0.39 is 0 Å². The maximum Gasteiger partial charge on any atom is 0.343 e. The zero-order valence-corrected chi connectivity index (χ0v) is 12.6. The van der Waals surface area contributed by atoms with Crippen LogP contribution in [0.2, 0.25) is 0 Å². The zero-order valence-electron chi connectivity index (χ0n) is 11.8. The third-order valence-corrected chi connectivity index (χ3v) is 3.86. The Morgan fingerprint density at radius 3 is 2.63 bits per heavy atom. The summed E-state index contributed by atoms with van der Waals surface area (Å²) in [7, 11) is 0. The maximum absolute atomic E-state index is 11.9. The highest BCUT2D eigenvalue weighted by atomic mass is 32.2. The fourth-order valence-corrected chi connectivity index (χ4v) is 2.60. The topological polar surface area (TPSA) is 71.0 Å². The summed E-state index contributed by atoms with van der Waals surface area (Å²) >= 11 is 1.31. The van der Waals surface area contributed by atoms with Gasteiger partial charge in [-0.1, -0.05) is 25.1 Å². The molecule has 19 heavy (non-hydrogen) atoms. The number of hydrogen-bond acceptors (Lipinski definition) is 4. The van der Waals surface area contributed by atoms with Crippen LogP contribution in [0.15, 0.2) is 9.95 Å². The molecule has 1 rings (SSSR count). The van der Waals surface area contributed by atoms with Gasteiger partial charge in [-0.15, -0.1) is 5.10 Å². The van der Waals surface area contributed by atoms with Gasteiger partial charge < -0.3 is 4.90 Å². The Balaban J connectivity index is 2.62. The number of aromatic nitrogens is 3. The number of thioether (sulfide) groups is 1. The molecular formula is C12H22N4O2S. The monoisotopic (exact) mass is 286 g/mol. The Kier molecular flexibility index (Phi) is 6.69. The lowest BCUT2D eigenvalue weighted by molar-refractivity contribution is -0.127. The molecule has 1 N–H and O–H groups in total. The second kappa shape index (κ2) is 8.04. The summed E-state index contributed by atoms with van der Waals surface area (Å²) in [6, 6.07) is 0. The van der Waals surface area contributed by atoms with E-state index in [0.717, 1.165) is 12.8 Å². The number of hydrogen-bond donors (Lipinski definition) is 1. The van der Waals surface area contributed by atoms with Gasteiger partial charge in [-0.05, 0) is 20.3 Å². The minimum atomic E-state index is -0.203. The molecule has 0 unspecified atom stereocenters. The molecule has 6 nitrogen and oxygen atoms in total. The highest BCUT2D eigenvalue weighted by molar-refractivity contribution is 7.99. The molecule has 0 aliphatic heterocycles. The van der Waals surface area contributed by atoms with Crippen molar-refractivity contribution in [3.8, 4) is 0 Å². The van der Waals surface area contributed by atoms with Gasteiger partial charge in [-0.2, -0.15) is 0 Å². The summed E-state index contributed by atoms with van der Waals surface area (Å²) in [5, 5.41) is 7.00. The van der Waals surface area contributed by atoms with Crippen molar-refractivity contribution in [1.82, 2.24) is 19.7 Å². The predicted molar refractivity (Wildman–Crippen MR) is 76.4 cm³/mol. The molecule has 7 heteroatoms. The Hall–Kier alpha value is -1.24. The molecule has 1 amide bonds. The molecule has 1 aromatic rings. The van der Waals surface area contributed by atoms with Crippen LogP contribution in [0.1, 0.15) is 33.6 Å². The molecule has 0 atom stereocenters. The van der Waals surface area contributed by atoms with Crippen molar-refractivity contribution in [1.29, 1.82) is 0 Å². The van der Waals surface area contributed by atoms with Crippen molar-refractivity contribution in [3.05, 3.63) is 10.5 Å². The van der Waals surface area contributed by atoms with Gasteiger partial charge in [0.1, 0.15) is 0 Å². The van der Waals surface area contributed by atoms with Gasteiger partial charge in [-0.25, -0.2) is 9.89 Å². The van der Waals surface area contributed by atoms with Gasteiger partial charge in [0.05, 0.1) is 5.75 Å². The highest BCUT2D eigenvalue weighted by Crippen LogP contribution is 2.14. The highest BCUT2D eigenvalue weighted by Gasteiger charge is 2.14. The van der Waals surface area contributed by atoms with Crippen LogP contribution in [-0.2, 0) is 11.3 Å². The largest absolute Gasteiger partial charge is 0.343 e. The molecule has 0 saturated heterocycles. The SMILES string of the molecule is CCCCn1c(SCC(=O)N(CC)CC)n[nH]c1=O. The smallest absolute Gasteiger partial charge is 0.343 e. The fraction of sp³-hybridized carbons (Fsp3) is 0.750. The quantitative estimate of drug-likeness (QED) is 0.732. The summed E-state index contributed by atoms with van der Waals surface area (Å²) in [6.07, 6.45) is 1.94. The van der Waals surface area contributed by atoms with Gasteiger partial charge in [0.15, 0.2) is 5.16 Å². The van der Waals surface area contributed by atoms with E-state index in [1.165, 1.54) is 11.8 Å². The number of amides is 1. The predicted octanol–water partition coefficient (Wildman–Crippen LogP) is 1.33. The van der Waals surface area contributed by atoms with Gasteiger partial charge in [0.2, 0.25) is 5.91 Å². The van der Waals surface area contributed by atoms with Gasteiger partial charge in [0.25, 0.3) is 0 Å². The van der Waals surface area contributed by atoms with E-state index in [1.54, 1.807) is 9.47 Å². The van der Waals surface area contributed by atoms with E-state index in [-0.39, 0.29) is 11.6 Å². The van der Waals surface area contributed by atoms with Crippen LogP contribution in [-0.4, -0.2) is 44.4 Å². The molecule has 0 aromatic carbocycles. The molecular weight excluding hydrogens is 264 g/mol. The molecule has 0 aliphatic rings. The first-order chi connectivity index (χ1) is 9.13. The molecule has 1 heterocycles. The summed E-state index contributed by atoms with van der Waals surface area (Å²) in [4.78, 5) is 25.2. The van der Waals surface area contributed by atoms with Crippen LogP contribution in [0.3, 0.4) is 0 Å². The van der Waals surface area contributed by atoms with E-state index in [2.05, 4.69) is 17.1 Å². The second-order valence-electron chi connectivity index (χ2n) is 4.17. The van der Waals surface area contributed by atoms with Crippen LogP contribution in [0.25, 0.3) is 0 Å². The van der Waals surface area contributed by atoms with Crippen LogP contribution in [0.5, 0.6) is 0 Å². The Bertz CT molecular complexity index is 451. The van der Waals surface area contributed by atoms with E-state index in [1.807, 2.05) is 13.8 Å². The third-order valence-electron chi connectivity index (χ3n) is 2.90. The molecule has 1 aromatic heterocycles. The third kappa shape index (κ3) is 4.41. The minimum absolute atomic E-state index is 0.0764. The van der Waals surface area contributed by atoms with Gasteiger partial charge in [0, 0.05) is 19.6 Å². The van der Waals surface area contributed by atoms with Crippen molar-refractivity contribution in [2.45, 2.75) is 45.3 Å². The number of unbranched alkanes of at least 4 members (excludes halogenated alkanes) is 1. The van der Waals surface area contributed by atoms with E-state index in [9.17, 15) is 9.59 Å². The van der Waals surface area contributed by atoms with Crippen molar-refractivity contribution < 1.29 is 4.79 Å². The Morgan fingerprint density at radius 1 is 1.37 bits per heavy atom. The first-order valence-electron chi connectivity index (χ1n) is 6.69. The summed E-state index contributed by atoms with van der Waals surface area (Å²) in [5.74, 6) is 0.394. The Morgan fingerprint density at radius 2 is 2.05 bits per heavy atom. The van der Waals surface area contributed by atoms with E-state index in [0.29, 0.717) is 30.5 Å². The average molecular weight is 286 g/mol. The standard InChI is InChI=1S/C12H22N4O2S/c1-4-7-8-16-11(18)13-14-12(16)19-9-10(17)15(5-2)6-3/h4-9H2,1-3H3,(H,13,18). The summed E-state index contributed by atoms with van der Waals surface area (Å²) in [6.45, 7) is 8.04. The number of H-pyrrole nitrogens is 1. The van der Waals surface area contributed by atoms with Crippen LogP contribution in [0.4, 0.5) is 0 Å². The lowest BCUT2D eigenvalue weighted by Gasteiger charge is -2.17. The lowest BCUT2D eigenvalue weighted by Crippen LogP contribution is -2.32. The number of rotatable bonds is 8. The summed E-state index contributed by atoms with van der Waals surface area (Å²) in [5.41, 5.74) is -0.203. The average Bonchev–Trinajstić information content (AvgIpc) is 2.76. The van der Waals surface area contributed by atoms with Crippen molar-refractivity contribution in [2.24, 2.45) is 0 Å². The number of carbonyl (C=O) groups excluding carboxylic acids is 1. The minimum Gasteiger partial charge on any atom is -0.343 e. The molecule has 0 fully saturated rings. The number of aromatic amines is 1. The van der Waals surface area contributed by atoms with Crippen molar-refractivity contribution in [3.63, 3.8) is 0 Å². The maximum atomic E-state index is 11.9. The first kappa shape index (κ1) is 15.8. The summed E-state index contributed by atoms with van der Waals surface area (Å²) < 4.78 is 1.60. The normalized spacial score (nSPS) is 10.7. The number of carbonyl (C=O) groups is 1. The van der Waals surface area contributed by atoms with Crippen molar-refractivity contribution in [2.75, 3.05) is 18.8 Å². The number of nitrogens with zero attached hydrogens (tertiary/aromatic N) is 3.